The molecule has 0 unspecified atom stereocenters. The van der Waals surface area contributed by atoms with E-state index >= 15 is 0 Å². The van der Waals surface area contributed by atoms with Gasteiger partial charge in [0.15, 0.2) is 0 Å². The van der Waals surface area contributed by atoms with Crippen molar-refractivity contribution in [1.29, 1.82) is 0 Å². The van der Waals surface area contributed by atoms with Crippen LogP contribution in [-0.4, -0.2) is 46.3 Å². The molecule has 1 aromatic carbocycles. The van der Waals surface area contributed by atoms with Crippen molar-refractivity contribution < 1.29 is 4.79 Å². The quantitative estimate of drug-likeness (QED) is 0.551. The van der Waals surface area contributed by atoms with Crippen molar-refractivity contribution in [2.75, 3.05) is 19.6 Å². The van der Waals surface area contributed by atoms with Crippen molar-refractivity contribution in [3.05, 3.63) is 59.1 Å². The Kier molecular flexibility index (Phi) is 6.65. The summed E-state index contributed by atoms with van der Waals surface area (Å²) in [5.41, 5.74) is 3.46. The molecule has 3 aromatic rings. The summed E-state index contributed by atoms with van der Waals surface area (Å²) in [4.78, 5) is 16.6. The molecule has 158 valence electrons. The number of piperidine rings is 1. The summed E-state index contributed by atoms with van der Waals surface area (Å²) in [6.45, 7) is 7.26. The third-order valence-electron chi connectivity index (χ3n) is 5.81. The van der Waals surface area contributed by atoms with Gasteiger partial charge >= 0.3 is 0 Å². The lowest BCUT2D eigenvalue weighted by molar-refractivity contribution is 0.0941. The number of nitrogens with one attached hydrogen (secondary N) is 1. The average Bonchev–Trinajstić information content (AvgIpc) is 3.42. The van der Waals surface area contributed by atoms with Crippen LogP contribution in [0.4, 0.5) is 0 Å². The number of benzene rings is 1. The molecular weight excluding hydrogens is 392 g/mol. The molecule has 1 fully saturated rings. The van der Waals surface area contributed by atoms with Crippen molar-refractivity contribution in [3.63, 3.8) is 0 Å². The number of nitrogens with zero attached hydrogens (tertiary/aromatic N) is 3. The van der Waals surface area contributed by atoms with E-state index in [1.165, 1.54) is 25.8 Å². The van der Waals surface area contributed by atoms with Crippen LogP contribution in [0, 0.1) is 6.92 Å². The van der Waals surface area contributed by atoms with Crippen molar-refractivity contribution in [1.82, 2.24) is 20.0 Å². The summed E-state index contributed by atoms with van der Waals surface area (Å²) in [6, 6.07) is 14.7. The molecule has 0 aliphatic carbocycles. The van der Waals surface area contributed by atoms with Gasteiger partial charge in [0.05, 0.1) is 10.6 Å². The predicted octanol–water partition coefficient (Wildman–Crippen LogP) is 4.90. The lowest BCUT2D eigenvalue weighted by atomic mass is 10.0. The molecule has 0 bridgehead atoms. The largest absolute Gasteiger partial charge is 0.351 e. The number of hydrogen-bond acceptors (Lipinski definition) is 4. The number of rotatable bonds is 7. The molecular formula is C24H30N4OS. The van der Waals surface area contributed by atoms with Gasteiger partial charge in [0, 0.05) is 19.1 Å². The number of carbonyl (C=O) groups excluding carboxylic acids is 1. The molecule has 0 spiro atoms. The van der Waals surface area contributed by atoms with Crippen molar-refractivity contribution in [2.45, 2.75) is 45.6 Å². The summed E-state index contributed by atoms with van der Waals surface area (Å²) in [7, 11) is 0. The van der Waals surface area contributed by atoms with Crippen molar-refractivity contribution >= 4 is 17.2 Å². The molecule has 1 saturated heterocycles. The molecule has 4 rings (SSSR count). The molecule has 30 heavy (non-hydrogen) atoms. The van der Waals surface area contributed by atoms with Crippen LogP contribution in [0.2, 0.25) is 0 Å². The minimum Gasteiger partial charge on any atom is -0.351 e. The third-order valence-corrected chi connectivity index (χ3v) is 6.70. The second-order valence-corrected chi connectivity index (χ2v) is 9.08. The van der Waals surface area contributed by atoms with Crippen LogP contribution < -0.4 is 5.32 Å². The third kappa shape index (κ3) is 4.82. The molecule has 3 heterocycles. The first-order chi connectivity index (χ1) is 14.6. The molecule has 1 aliphatic rings. The zero-order chi connectivity index (χ0) is 20.9. The maximum atomic E-state index is 13.0. The Morgan fingerprint density at radius 1 is 1.23 bits per heavy atom. The van der Waals surface area contributed by atoms with Crippen molar-refractivity contribution in [3.8, 4) is 16.3 Å². The molecule has 0 radical (unpaired) electrons. The Balaban J connectivity index is 1.47. The van der Waals surface area contributed by atoms with Gasteiger partial charge in [0.2, 0.25) is 0 Å². The molecule has 1 atom stereocenters. The fourth-order valence-corrected chi connectivity index (χ4v) is 4.79. The molecule has 1 N–H and O–H groups in total. The lowest BCUT2D eigenvalue weighted by Crippen LogP contribution is -2.39. The average molecular weight is 423 g/mol. The van der Waals surface area contributed by atoms with Gasteiger partial charge in [-0.15, -0.1) is 11.3 Å². The second-order valence-electron chi connectivity index (χ2n) is 8.13. The highest BCUT2D eigenvalue weighted by atomic mass is 32.1. The Labute approximate surface area is 182 Å². The van der Waals surface area contributed by atoms with E-state index in [1.807, 2.05) is 35.7 Å². The molecule has 1 amide bonds. The summed E-state index contributed by atoms with van der Waals surface area (Å²) >= 11 is 1.63. The Hall–Kier alpha value is -2.44. The molecule has 2 aromatic heterocycles. The van der Waals surface area contributed by atoms with Gasteiger partial charge in [-0.25, -0.2) is 4.68 Å². The first-order valence-electron chi connectivity index (χ1n) is 10.8. The topological polar surface area (TPSA) is 50.2 Å². The summed E-state index contributed by atoms with van der Waals surface area (Å²) in [5, 5.41) is 9.90. The Bertz CT molecular complexity index is 979. The summed E-state index contributed by atoms with van der Waals surface area (Å²) in [6.07, 6.45) is 4.88. The number of carbonyl (C=O) groups is 1. The van der Waals surface area contributed by atoms with E-state index in [4.69, 9.17) is 5.10 Å². The zero-order valence-corrected chi connectivity index (χ0v) is 18.6. The van der Waals surface area contributed by atoms with E-state index in [2.05, 4.69) is 36.2 Å². The van der Waals surface area contributed by atoms with Gasteiger partial charge in [0.25, 0.3) is 5.91 Å². The van der Waals surface area contributed by atoms with Gasteiger partial charge in [-0.2, -0.15) is 5.10 Å². The number of amides is 1. The smallest absolute Gasteiger partial charge is 0.270 e. The maximum Gasteiger partial charge on any atom is 0.270 e. The molecule has 1 aliphatic heterocycles. The first-order valence-corrected chi connectivity index (χ1v) is 11.7. The Morgan fingerprint density at radius 3 is 2.90 bits per heavy atom. The normalized spacial score (nSPS) is 17.2. The van der Waals surface area contributed by atoms with Crippen LogP contribution in [0.1, 0.15) is 48.7 Å². The highest BCUT2D eigenvalue weighted by molar-refractivity contribution is 7.13. The number of likely N-dealkylation sites (tertiary alicyclic amines) is 1. The number of hydrogen-bond donors (Lipinski definition) is 1. The van der Waals surface area contributed by atoms with Crippen LogP contribution in [0.3, 0.4) is 0 Å². The lowest BCUT2D eigenvalue weighted by Gasteiger charge is -2.33. The molecule has 0 saturated carbocycles. The summed E-state index contributed by atoms with van der Waals surface area (Å²) in [5.74, 6) is -0.0708. The van der Waals surface area contributed by atoms with Crippen molar-refractivity contribution in [2.24, 2.45) is 0 Å². The van der Waals surface area contributed by atoms with E-state index in [1.54, 1.807) is 16.0 Å². The minimum atomic E-state index is -0.0708. The van der Waals surface area contributed by atoms with E-state index in [0.29, 0.717) is 18.3 Å². The first kappa shape index (κ1) is 20.8. The highest BCUT2D eigenvalue weighted by Crippen LogP contribution is 2.26. The molecule has 5 nitrogen and oxygen atoms in total. The van der Waals surface area contributed by atoms with E-state index < -0.39 is 0 Å². The fraction of sp³-hybridized carbons (Fsp3) is 0.417. The standard InChI is InChI=1S/C24H30N4OS/c1-18-8-5-10-20(16-18)28-22(17-21(26-28)23-11-6-15-30-23)24(29)25-12-7-14-27-13-4-3-9-19(27)2/h5-6,8,10-11,15-17,19H,3-4,7,9,12-14H2,1-2H3,(H,25,29)/t19-/m1/s1. The van der Waals surface area contributed by atoms with Crippen LogP contribution in [0.5, 0.6) is 0 Å². The summed E-state index contributed by atoms with van der Waals surface area (Å²) < 4.78 is 1.77. The van der Waals surface area contributed by atoms with Crippen LogP contribution in [0.15, 0.2) is 47.8 Å². The maximum absolute atomic E-state index is 13.0. The fourth-order valence-electron chi connectivity index (χ4n) is 4.11. The SMILES string of the molecule is Cc1cccc(-n2nc(-c3cccs3)cc2C(=O)NCCCN2CCCC[C@H]2C)c1. The van der Waals surface area contributed by atoms with Crippen LogP contribution >= 0.6 is 11.3 Å². The number of thiophene rings is 1. The van der Waals surface area contributed by atoms with Gasteiger partial charge in [0.1, 0.15) is 11.4 Å². The number of aromatic nitrogens is 2. The number of aryl methyl sites for hydroxylation is 1. The van der Waals surface area contributed by atoms with Gasteiger partial charge in [-0.05, 0) is 74.9 Å². The van der Waals surface area contributed by atoms with E-state index in [9.17, 15) is 4.79 Å². The van der Waals surface area contributed by atoms with Gasteiger partial charge in [-0.1, -0.05) is 24.6 Å². The molecule has 6 heteroatoms. The van der Waals surface area contributed by atoms with Crippen LogP contribution in [-0.2, 0) is 0 Å². The van der Waals surface area contributed by atoms with E-state index in [0.717, 1.165) is 34.8 Å². The predicted molar refractivity (Wildman–Crippen MR) is 123 cm³/mol. The van der Waals surface area contributed by atoms with E-state index in [-0.39, 0.29) is 5.91 Å². The zero-order valence-electron chi connectivity index (χ0n) is 17.8. The van der Waals surface area contributed by atoms with Gasteiger partial charge in [-0.3, -0.25) is 4.79 Å². The highest BCUT2D eigenvalue weighted by Gasteiger charge is 2.19. The van der Waals surface area contributed by atoms with Crippen LogP contribution in [0.25, 0.3) is 16.3 Å². The Morgan fingerprint density at radius 2 is 2.13 bits per heavy atom. The minimum absolute atomic E-state index is 0.0708. The second kappa shape index (κ2) is 9.58. The monoisotopic (exact) mass is 422 g/mol. The van der Waals surface area contributed by atoms with Gasteiger partial charge < -0.3 is 10.2 Å².